The van der Waals surface area contributed by atoms with Gasteiger partial charge < -0.3 is 15.0 Å². The van der Waals surface area contributed by atoms with E-state index in [1.54, 1.807) is 12.4 Å². The summed E-state index contributed by atoms with van der Waals surface area (Å²) in [6.07, 6.45) is 5.13. The molecule has 0 radical (unpaired) electrons. The van der Waals surface area contributed by atoms with Crippen LogP contribution in [0, 0.1) is 6.92 Å². The lowest BCUT2D eigenvalue weighted by Gasteiger charge is -2.33. The summed E-state index contributed by atoms with van der Waals surface area (Å²) < 4.78 is 5.56. The molecule has 1 unspecified atom stereocenters. The van der Waals surface area contributed by atoms with E-state index >= 15 is 0 Å². The molecule has 0 spiro atoms. The fourth-order valence-electron chi connectivity index (χ4n) is 2.23. The molecule has 1 aromatic rings. The second-order valence-corrected chi connectivity index (χ2v) is 5.05. The van der Waals surface area contributed by atoms with Crippen LogP contribution in [0.25, 0.3) is 0 Å². The Morgan fingerprint density at radius 2 is 2.21 bits per heavy atom. The molecule has 6 heteroatoms. The van der Waals surface area contributed by atoms with Crippen molar-refractivity contribution in [2.75, 3.05) is 24.6 Å². The Labute approximate surface area is 112 Å². The van der Waals surface area contributed by atoms with E-state index in [0.717, 1.165) is 30.9 Å². The van der Waals surface area contributed by atoms with Crippen LogP contribution in [-0.4, -0.2) is 47.7 Å². The zero-order valence-electron chi connectivity index (χ0n) is 11.0. The second kappa shape index (κ2) is 5.13. The smallest absolute Gasteiger partial charge is 0.251 e. The van der Waals surface area contributed by atoms with Gasteiger partial charge in [0.2, 0.25) is 0 Å². The molecule has 0 aromatic carbocycles. The quantitative estimate of drug-likeness (QED) is 0.847. The standard InChI is InChI=1S/C13H18N4O2/c1-9-12(15-5-4-14-9)17-6-7-19-11(8-17)13(18)16-10-2-3-10/h4-5,10-11H,2-3,6-8H2,1H3,(H,16,18). The van der Waals surface area contributed by atoms with Crippen molar-refractivity contribution in [2.45, 2.75) is 31.9 Å². The van der Waals surface area contributed by atoms with Crippen molar-refractivity contribution in [3.8, 4) is 0 Å². The van der Waals surface area contributed by atoms with E-state index in [0.29, 0.717) is 19.2 Å². The highest BCUT2D eigenvalue weighted by molar-refractivity contribution is 5.82. The number of rotatable bonds is 3. The molecule has 2 aliphatic rings. The summed E-state index contributed by atoms with van der Waals surface area (Å²) in [5.41, 5.74) is 0.880. The van der Waals surface area contributed by atoms with Crippen molar-refractivity contribution in [1.29, 1.82) is 0 Å². The predicted octanol–water partition coefficient (Wildman–Crippen LogP) is 0.269. The van der Waals surface area contributed by atoms with Gasteiger partial charge in [-0.05, 0) is 19.8 Å². The van der Waals surface area contributed by atoms with Crippen LogP contribution in [0.5, 0.6) is 0 Å². The molecule has 102 valence electrons. The molecule has 2 fully saturated rings. The number of hydrogen-bond donors (Lipinski definition) is 1. The Hall–Kier alpha value is -1.69. The van der Waals surface area contributed by atoms with E-state index in [4.69, 9.17) is 4.74 Å². The average Bonchev–Trinajstić information content (AvgIpc) is 3.23. The second-order valence-electron chi connectivity index (χ2n) is 5.05. The third kappa shape index (κ3) is 2.84. The molecule has 19 heavy (non-hydrogen) atoms. The lowest BCUT2D eigenvalue weighted by molar-refractivity contribution is -0.133. The number of carbonyl (C=O) groups is 1. The molecule has 1 aliphatic heterocycles. The first-order valence-corrected chi connectivity index (χ1v) is 6.68. The SMILES string of the molecule is Cc1nccnc1N1CCOC(C(=O)NC2CC2)C1. The van der Waals surface area contributed by atoms with Crippen LogP contribution in [0.2, 0.25) is 0 Å². The van der Waals surface area contributed by atoms with Crippen molar-refractivity contribution in [3.05, 3.63) is 18.1 Å². The largest absolute Gasteiger partial charge is 0.365 e. The van der Waals surface area contributed by atoms with Crippen molar-refractivity contribution in [2.24, 2.45) is 0 Å². The Morgan fingerprint density at radius 3 is 2.95 bits per heavy atom. The lowest BCUT2D eigenvalue weighted by atomic mass is 10.2. The van der Waals surface area contributed by atoms with Crippen LogP contribution in [0.1, 0.15) is 18.5 Å². The number of aromatic nitrogens is 2. The van der Waals surface area contributed by atoms with Crippen molar-refractivity contribution < 1.29 is 9.53 Å². The number of nitrogens with one attached hydrogen (secondary N) is 1. The lowest BCUT2D eigenvalue weighted by Crippen LogP contribution is -2.50. The number of carbonyl (C=O) groups excluding carboxylic acids is 1. The van der Waals surface area contributed by atoms with Crippen LogP contribution in [0.4, 0.5) is 5.82 Å². The van der Waals surface area contributed by atoms with E-state index in [2.05, 4.69) is 20.2 Å². The minimum atomic E-state index is -0.407. The highest BCUT2D eigenvalue weighted by Gasteiger charge is 2.31. The van der Waals surface area contributed by atoms with E-state index in [1.807, 2.05) is 6.92 Å². The minimum Gasteiger partial charge on any atom is -0.365 e. The molecule has 1 aromatic heterocycles. The Bertz CT molecular complexity index is 475. The summed E-state index contributed by atoms with van der Waals surface area (Å²) >= 11 is 0. The van der Waals surface area contributed by atoms with E-state index in [9.17, 15) is 4.79 Å². The predicted molar refractivity (Wildman–Crippen MR) is 69.9 cm³/mol. The molecule has 6 nitrogen and oxygen atoms in total. The maximum Gasteiger partial charge on any atom is 0.251 e. The number of anilines is 1. The average molecular weight is 262 g/mol. The Kier molecular flexibility index (Phi) is 3.33. The minimum absolute atomic E-state index is 0.00579. The summed E-state index contributed by atoms with van der Waals surface area (Å²) in [6, 6.07) is 0.365. The number of aryl methyl sites for hydroxylation is 1. The molecule has 1 amide bonds. The highest BCUT2D eigenvalue weighted by Crippen LogP contribution is 2.21. The summed E-state index contributed by atoms with van der Waals surface area (Å²) in [6.45, 7) is 3.75. The highest BCUT2D eigenvalue weighted by atomic mass is 16.5. The van der Waals surface area contributed by atoms with Gasteiger partial charge in [-0.2, -0.15) is 0 Å². The van der Waals surface area contributed by atoms with Gasteiger partial charge >= 0.3 is 0 Å². The van der Waals surface area contributed by atoms with Crippen LogP contribution < -0.4 is 10.2 Å². The fourth-order valence-corrected chi connectivity index (χ4v) is 2.23. The third-order valence-electron chi connectivity index (χ3n) is 3.44. The van der Waals surface area contributed by atoms with Gasteiger partial charge in [0.05, 0.1) is 18.8 Å². The number of ether oxygens (including phenoxy) is 1. The molecular formula is C13H18N4O2. The molecule has 1 saturated carbocycles. The third-order valence-corrected chi connectivity index (χ3v) is 3.44. The first-order valence-electron chi connectivity index (χ1n) is 6.68. The van der Waals surface area contributed by atoms with Gasteiger partial charge in [-0.3, -0.25) is 9.78 Å². The summed E-state index contributed by atoms with van der Waals surface area (Å²) in [7, 11) is 0. The summed E-state index contributed by atoms with van der Waals surface area (Å²) in [4.78, 5) is 22.7. The van der Waals surface area contributed by atoms with Gasteiger partial charge in [-0.1, -0.05) is 0 Å². The van der Waals surface area contributed by atoms with Crippen molar-refractivity contribution in [1.82, 2.24) is 15.3 Å². The van der Waals surface area contributed by atoms with Crippen molar-refractivity contribution in [3.63, 3.8) is 0 Å². The van der Waals surface area contributed by atoms with Crippen LogP contribution in [-0.2, 0) is 9.53 Å². The first-order chi connectivity index (χ1) is 9.24. The van der Waals surface area contributed by atoms with Gasteiger partial charge in [0.1, 0.15) is 5.82 Å². The van der Waals surface area contributed by atoms with Gasteiger partial charge in [-0.15, -0.1) is 0 Å². The zero-order chi connectivity index (χ0) is 13.2. The normalized spacial score (nSPS) is 23.2. The molecular weight excluding hydrogens is 244 g/mol. The molecule has 1 N–H and O–H groups in total. The van der Waals surface area contributed by atoms with Crippen LogP contribution in [0.15, 0.2) is 12.4 Å². The molecule has 1 aliphatic carbocycles. The van der Waals surface area contributed by atoms with Crippen LogP contribution in [0.3, 0.4) is 0 Å². The van der Waals surface area contributed by atoms with Crippen molar-refractivity contribution >= 4 is 11.7 Å². The summed E-state index contributed by atoms with van der Waals surface area (Å²) in [5.74, 6) is 0.837. The van der Waals surface area contributed by atoms with Gasteiger partial charge in [-0.25, -0.2) is 4.98 Å². The van der Waals surface area contributed by atoms with Gasteiger partial charge in [0.15, 0.2) is 6.10 Å². The number of hydrogen-bond acceptors (Lipinski definition) is 5. The first kappa shape index (κ1) is 12.3. The molecule has 0 bridgehead atoms. The monoisotopic (exact) mass is 262 g/mol. The van der Waals surface area contributed by atoms with Crippen LogP contribution >= 0.6 is 0 Å². The van der Waals surface area contributed by atoms with Gasteiger partial charge in [0.25, 0.3) is 5.91 Å². The molecule has 1 atom stereocenters. The van der Waals surface area contributed by atoms with E-state index < -0.39 is 6.10 Å². The molecule has 1 saturated heterocycles. The zero-order valence-corrected chi connectivity index (χ0v) is 11.0. The maximum atomic E-state index is 12.0. The van der Waals surface area contributed by atoms with E-state index in [1.165, 1.54) is 0 Å². The summed E-state index contributed by atoms with van der Waals surface area (Å²) in [5, 5.41) is 2.98. The maximum absolute atomic E-state index is 12.0. The Balaban J connectivity index is 1.67. The van der Waals surface area contributed by atoms with Gasteiger partial charge in [0, 0.05) is 25.0 Å². The number of amides is 1. The topological polar surface area (TPSA) is 67.3 Å². The number of morpholine rings is 1. The fraction of sp³-hybridized carbons (Fsp3) is 0.615. The molecule has 3 rings (SSSR count). The Morgan fingerprint density at radius 1 is 1.42 bits per heavy atom. The number of nitrogens with zero attached hydrogens (tertiary/aromatic N) is 3. The van der Waals surface area contributed by atoms with E-state index in [-0.39, 0.29) is 5.91 Å². The molecule has 2 heterocycles.